The molecule has 0 N–H and O–H groups in total. The van der Waals surface area contributed by atoms with Crippen molar-refractivity contribution in [3.63, 3.8) is 0 Å². The maximum absolute atomic E-state index is 7.77. The molecule has 8 heteroatoms. The third-order valence-electron chi connectivity index (χ3n) is 15.6. The molecule has 75 heavy (non-hydrogen) atoms. The third-order valence-corrected chi connectivity index (χ3v) is 16.8. The van der Waals surface area contributed by atoms with Gasteiger partial charge in [0.05, 0.1) is 16.5 Å². The van der Waals surface area contributed by atoms with Crippen LogP contribution in [-0.2, 0) is 5.41 Å². The number of fused-ring (bicyclic) bond motifs is 15. The number of benzene rings is 11. The second kappa shape index (κ2) is 16.7. The Morgan fingerprint density at radius 2 is 1.03 bits per heavy atom. The van der Waals surface area contributed by atoms with Crippen molar-refractivity contribution in [2.75, 3.05) is 4.90 Å². The van der Waals surface area contributed by atoms with E-state index in [2.05, 4.69) is 205 Å². The largest absolute Gasteiger partial charge is 0.456 e. The van der Waals surface area contributed by atoms with Crippen LogP contribution in [0.2, 0.25) is 0 Å². The molecule has 340 valence electrons. The number of anilines is 3. The first kappa shape index (κ1) is 43.8. The molecule has 0 fully saturated rings. The van der Waals surface area contributed by atoms with E-state index >= 15 is 0 Å². The monoisotopic (exact) mass is 963 g/mol. The SMILES string of the molecule is [B]c1c([B])c(-c2cc(N(c3ccccc3)c3cccc4oc5ccc(-c6ccccc6)cc5c34)cc3c2Oc2ccccc2C32c3ccccc3-c3ccccc32)c([B])c(-c2cccc3c2sc2ccccc23)c1[B]. The lowest BCUT2D eigenvalue weighted by atomic mass is 9.61. The van der Waals surface area contributed by atoms with Gasteiger partial charge in [0.2, 0.25) is 0 Å². The second-order valence-electron chi connectivity index (χ2n) is 19.5. The molecule has 15 rings (SSSR count). The van der Waals surface area contributed by atoms with E-state index in [1.165, 1.54) is 0 Å². The second-order valence-corrected chi connectivity index (χ2v) is 20.5. The fourth-order valence-electron chi connectivity index (χ4n) is 12.4. The van der Waals surface area contributed by atoms with E-state index in [1.807, 2.05) is 24.3 Å². The normalized spacial score (nSPS) is 13.0. The molecule has 0 bridgehead atoms. The molecule has 2 aromatic heterocycles. The predicted octanol–water partition coefficient (Wildman–Crippen LogP) is 14.1. The lowest BCUT2D eigenvalue weighted by Crippen LogP contribution is -2.46. The van der Waals surface area contributed by atoms with Gasteiger partial charge < -0.3 is 14.1 Å². The van der Waals surface area contributed by atoms with Gasteiger partial charge in [-0.15, -0.1) is 16.8 Å². The first-order chi connectivity index (χ1) is 36.9. The van der Waals surface area contributed by atoms with Gasteiger partial charge in [-0.05, 0) is 111 Å². The van der Waals surface area contributed by atoms with Gasteiger partial charge in [-0.3, -0.25) is 0 Å². The van der Waals surface area contributed by atoms with Gasteiger partial charge in [0.1, 0.15) is 54.1 Å². The van der Waals surface area contributed by atoms with Crippen LogP contribution in [-0.4, -0.2) is 31.4 Å². The van der Waals surface area contributed by atoms with Crippen LogP contribution in [0.5, 0.6) is 11.5 Å². The fraction of sp³-hybridized carbons (Fsp3) is 0.0149. The van der Waals surface area contributed by atoms with E-state index in [9.17, 15) is 0 Å². The average molecular weight is 963 g/mol. The minimum Gasteiger partial charge on any atom is -0.456 e. The number of hydrogen-bond donors (Lipinski definition) is 0. The van der Waals surface area contributed by atoms with Crippen LogP contribution in [0, 0.1) is 0 Å². The van der Waals surface area contributed by atoms with Gasteiger partial charge in [0.25, 0.3) is 0 Å². The van der Waals surface area contributed by atoms with E-state index < -0.39 is 5.41 Å². The Bertz CT molecular complexity index is 4480. The summed E-state index contributed by atoms with van der Waals surface area (Å²) in [5, 5.41) is 4.23. The smallest absolute Gasteiger partial charge is 0.140 e. The first-order valence-corrected chi connectivity index (χ1v) is 25.9. The zero-order valence-corrected chi connectivity index (χ0v) is 41.2. The topological polar surface area (TPSA) is 25.6 Å². The number of rotatable bonds is 6. The van der Waals surface area contributed by atoms with Gasteiger partial charge in [0.15, 0.2) is 0 Å². The molecular formula is C67H37B4NO2S. The van der Waals surface area contributed by atoms with Crippen LogP contribution in [0.4, 0.5) is 17.1 Å². The Hall–Kier alpha value is -8.70. The highest BCUT2D eigenvalue weighted by Gasteiger charge is 2.52. The first-order valence-electron chi connectivity index (χ1n) is 25.1. The zero-order chi connectivity index (χ0) is 50.1. The fourth-order valence-corrected chi connectivity index (χ4v) is 13.6. The van der Waals surface area contributed by atoms with Crippen LogP contribution in [0.3, 0.4) is 0 Å². The van der Waals surface area contributed by atoms with Crippen molar-refractivity contribution in [2.45, 2.75) is 5.41 Å². The maximum atomic E-state index is 7.77. The summed E-state index contributed by atoms with van der Waals surface area (Å²) in [5.74, 6) is 1.34. The molecule has 3 heterocycles. The van der Waals surface area contributed by atoms with E-state index in [0.29, 0.717) is 33.4 Å². The Morgan fingerprint density at radius 1 is 0.400 bits per heavy atom. The summed E-state index contributed by atoms with van der Waals surface area (Å²) in [7, 11) is 29.6. The van der Waals surface area contributed by atoms with Crippen molar-refractivity contribution < 1.29 is 9.15 Å². The van der Waals surface area contributed by atoms with E-state index in [4.69, 9.17) is 40.5 Å². The van der Waals surface area contributed by atoms with E-state index in [1.54, 1.807) is 11.3 Å². The Labute approximate surface area is 443 Å². The van der Waals surface area contributed by atoms with Crippen LogP contribution in [0.1, 0.15) is 22.3 Å². The highest BCUT2D eigenvalue weighted by atomic mass is 32.1. The van der Waals surface area contributed by atoms with Crippen LogP contribution in [0.25, 0.3) is 86.6 Å². The predicted molar refractivity (Wildman–Crippen MR) is 317 cm³/mol. The molecule has 1 aliphatic carbocycles. The molecule has 0 amide bonds. The van der Waals surface area contributed by atoms with Gasteiger partial charge in [-0.2, -0.15) is 0 Å². The van der Waals surface area contributed by atoms with Crippen molar-refractivity contribution in [1.82, 2.24) is 0 Å². The summed E-state index contributed by atoms with van der Waals surface area (Å²) in [4.78, 5) is 2.32. The van der Waals surface area contributed by atoms with Crippen molar-refractivity contribution in [3.8, 4) is 56.0 Å². The molecule has 3 nitrogen and oxygen atoms in total. The number of furan rings is 1. The van der Waals surface area contributed by atoms with Crippen LogP contribution >= 0.6 is 11.3 Å². The molecule has 8 radical (unpaired) electrons. The highest BCUT2D eigenvalue weighted by Crippen LogP contribution is 2.64. The molecular weight excluding hydrogens is 926 g/mol. The van der Waals surface area contributed by atoms with Crippen molar-refractivity contribution in [1.29, 1.82) is 0 Å². The zero-order valence-electron chi connectivity index (χ0n) is 40.3. The molecule has 13 aromatic rings. The minimum absolute atomic E-state index is 0.248. The number of ether oxygens (including phenoxy) is 1. The summed E-state index contributed by atoms with van der Waals surface area (Å²) in [6.45, 7) is 0. The standard InChI is InChI=1S/C67H37B4NO2S/c68-61-59(46-25-15-24-45-44-23-9-14-32-57(44)75-66(45)46)62(69)64(71)63(70)60(61)48-36-41(37-52-65(48)74-55-30-13-12-28-51(55)67(52)49-26-10-7-21-42(49)43-22-8-11-27-50(43)67)72(40-19-5-2-6-20-40)53-29-16-31-56-58(53)47-35-39(33-34-54(47)73-56)38-17-3-1-4-18-38/h1-37H. The van der Waals surface area contributed by atoms with Crippen molar-refractivity contribution in [3.05, 3.63) is 247 Å². The Balaban J connectivity index is 1.09. The van der Waals surface area contributed by atoms with Gasteiger partial charge in [-0.1, -0.05) is 180 Å². The van der Waals surface area contributed by atoms with Gasteiger partial charge in [-0.25, -0.2) is 0 Å². The molecule has 1 spiro atoms. The van der Waals surface area contributed by atoms with E-state index in [0.717, 1.165) is 115 Å². The van der Waals surface area contributed by atoms with E-state index in [-0.39, 0.29) is 10.9 Å². The third kappa shape index (κ3) is 6.27. The molecule has 0 saturated heterocycles. The number of thiophene rings is 1. The Morgan fingerprint density at radius 3 is 1.80 bits per heavy atom. The van der Waals surface area contributed by atoms with Gasteiger partial charge >= 0.3 is 0 Å². The summed E-state index contributed by atoms with van der Waals surface area (Å²) in [6.07, 6.45) is 0. The summed E-state index contributed by atoms with van der Waals surface area (Å²) in [6, 6.07) is 78.8. The van der Waals surface area contributed by atoms with Crippen molar-refractivity contribution in [2.24, 2.45) is 0 Å². The van der Waals surface area contributed by atoms with Crippen molar-refractivity contribution >= 4 is 124 Å². The molecule has 0 unspecified atom stereocenters. The lowest BCUT2D eigenvalue weighted by Gasteiger charge is -2.41. The summed E-state index contributed by atoms with van der Waals surface area (Å²) < 4.78 is 16.4. The van der Waals surface area contributed by atoms with Gasteiger partial charge in [0, 0.05) is 53.6 Å². The number of hydrogen-bond acceptors (Lipinski definition) is 4. The number of nitrogens with zero attached hydrogens (tertiary/aromatic N) is 1. The highest BCUT2D eigenvalue weighted by molar-refractivity contribution is 7.26. The molecule has 0 saturated carbocycles. The average Bonchev–Trinajstić information content (AvgIpc) is 4.13. The summed E-state index contributed by atoms with van der Waals surface area (Å²) >= 11 is 1.71. The molecule has 1 aliphatic heterocycles. The maximum Gasteiger partial charge on any atom is 0.140 e. The van der Waals surface area contributed by atoms with Crippen LogP contribution < -0.4 is 31.5 Å². The number of para-hydroxylation sites is 2. The molecule has 11 aromatic carbocycles. The summed E-state index contributed by atoms with van der Waals surface area (Å²) in [5.41, 5.74) is 16.1. The Kier molecular flexibility index (Phi) is 9.74. The molecule has 0 atom stereocenters. The van der Waals surface area contributed by atoms with Crippen LogP contribution in [0.15, 0.2) is 229 Å². The minimum atomic E-state index is -0.863. The molecule has 2 aliphatic rings. The quantitative estimate of drug-likeness (QED) is 0.155. The lowest BCUT2D eigenvalue weighted by molar-refractivity contribution is 0.438.